The van der Waals surface area contributed by atoms with Crippen molar-refractivity contribution in [1.82, 2.24) is 5.32 Å². The second-order valence-corrected chi connectivity index (χ2v) is 6.64. The third-order valence-corrected chi connectivity index (χ3v) is 4.73. The van der Waals surface area contributed by atoms with Crippen molar-refractivity contribution >= 4 is 11.9 Å². The standard InChI is InChI=1S/C16H29NO3/c1-11(2)13(10-14(18)20-5)15(19)17-16(12(3)4)8-6-7-9-16/h11-13H,6-10H2,1-5H3,(H,17,19)/t13-/m1/s1. The highest BCUT2D eigenvalue weighted by Gasteiger charge is 2.40. The lowest BCUT2D eigenvalue weighted by atomic mass is 9.83. The molecule has 0 unspecified atom stereocenters. The fourth-order valence-electron chi connectivity index (χ4n) is 3.08. The Labute approximate surface area is 122 Å². The fourth-order valence-corrected chi connectivity index (χ4v) is 3.08. The highest BCUT2D eigenvalue weighted by Crippen LogP contribution is 2.36. The van der Waals surface area contributed by atoms with Crippen molar-refractivity contribution in [3.8, 4) is 0 Å². The number of hydrogen-bond acceptors (Lipinski definition) is 3. The maximum atomic E-state index is 12.6. The molecule has 0 heterocycles. The van der Waals surface area contributed by atoms with Crippen LogP contribution in [-0.2, 0) is 14.3 Å². The maximum Gasteiger partial charge on any atom is 0.306 e. The molecule has 0 aromatic rings. The van der Waals surface area contributed by atoms with Gasteiger partial charge in [-0.05, 0) is 24.7 Å². The molecule has 0 spiro atoms. The summed E-state index contributed by atoms with van der Waals surface area (Å²) in [7, 11) is 1.37. The summed E-state index contributed by atoms with van der Waals surface area (Å²) in [6, 6.07) is 0. The molecular weight excluding hydrogens is 254 g/mol. The molecule has 1 fully saturated rings. The maximum absolute atomic E-state index is 12.6. The van der Waals surface area contributed by atoms with E-state index in [1.807, 2.05) is 13.8 Å². The summed E-state index contributed by atoms with van der Waals surface area (Å²) in [5, 5.41) is 3.26. The lowest BCUT2D eigenvalue weighted by Crippen LogP contribution is -2.53. The Morgan fingerprint density at radius 1 is 1.15 bits per heavy atom. The number of carbonyl (C=O) groups excluding carboxylic acids is 2. The molecule has 1 atom stereocenters. The van der Waals surface area contributed by atoms with E-state index in [1.54, 1.807) is 0 Å². The quantitative estimate of drug-likeness (QED) is 0.763. The van der Waals surface area contributed by atoms with E-state index in [0.717, 1.165) is 12.8 Å². The zero-order valence-electron chi connectivity index (χ0n) is 13.5. The van der Waals surface area contributed by atoms with Crippen LogP contribution in [0.4, 0.5) is 0 Å². The van der Waals surface area contributed by atoms with Crippen molar-refractivity contribution in [3.05, 3.63) is 0 Å². The Hall–Kier alpha value is -1.06. The largest absolute Gasteiger partial charge is 0.469 e. The van der Waals surface area contributed by atoms with Gasteiger partial charge < -0.3 is 10.1 Å². The predicted octanol–water partition coefficient (Wildman–Crippen LogP) is 2.91. The van der Waals surface area contributed by atoms with Crippen LogP contribution in [0.25, 0.3) is 0 Å². The molecule has 1 amide bonds. The summed E-state index contributed by atoms with van der Waals surface area (Å²) in [5.41, 5.74) is -0.0830. The van der Waals surface area contributed by atoms with Crippen molar-refractivity contribution < 1.29 is 14.3 Å². The van der Waals surface area contributed by atoms with Crippen LogP contribution in [0.15, 0.2) is 0 Å². The minimum absolute atomic E-state index is 0.000926. The number of carbonyl (C=O) groups is 2. The average molecular weight is 283 g/mol. The van der Waals surface area contributed by atoms with Gasteiger partial charge in [0.15, 0.2) is 0 Å². The van der Waals surface area contributed by atoms with Gasteiger partial charge in [0.05, 0.1) is 19.4 Å². The number of rotatable bonds is 6. The number of nitrogens with one attached hydrogen (secondary N) is 1. The summed E-state index contributed by atoms with van der Waals surface area (Å²) >= 11 is 0. The van der Waals surface area contributed by atoms with Gasteiger partial charge in [0.2, 0.25) is 5.91 Å². The molecule has 0 aromatic carbocycles. The topological polar surface area (TPSA) is 55.4 Å². The van der Waals surface area contributed by atoms with Crippen LogP contribution in [0, 0.1) is 17.8 Å². The van der Waals surface area contributed by atoms with Crippen molar-refractivity contribution in [2.45, 2.75) is 65.3 Å². The summed E-state index contributed by atoms with van der Waals surface area (Å²) < 4.78 is 4.70. The Morgan fingerprint density at radius 3 is 2.10 bits per heavy atom. The number of ether oxygens (including phenoxy) is 1. The van der Waals surface area contributed by atoms with E-state index in [2.05, 4.69) is 19.2 Å². The number of methoxy groups -OCH3 is 1. The highest BCUT2D eigenvalue weighted by molar-refractivity contribution is 5.84. The van der Waals surface area contributed by atoms with Crippen molar-refractivity contribution in [2.75, 3.05) is 7.11 Å². The minimum Gasteiger partial charge on any atom is -0.469 e. The molecule has 1 N–H and O–H groups in total. The van der Waals surface area contributed by atoms with E-state index in [4.69, 9.17) is 4.74 Å². The van der Waals surface area contributed by atoms with Gasteiger partial charge >= 0.3 is 5.97 Å². The summed E-state index contributed by atoms with van der Waals surface area (Å²) in [4.78, 5) is 24.1. The molecule has 4 nitrogen and oxygen atoms in total. The van der Waals surface area contributed by atoms with Gasteiger partial charge in [-0.1, -0.05) is 40.5 Å². The summed E-state index contributed by atoms with van der Waals surface area (Å²) in [6.45, 7) is 8.28. The van der Waals surface area contributed by atoms with E-state index in [-0.39, 0.29) is 35.7 Å². The van der Waals surface area contributed by atoms with Crippen molar-refractivity contribution in [2.24, 2.45) is 17.8 Å². The Morgan fingerprint density at radius 2 is 1.70 bits per heavy atom. The average Bonchev–Trinajstić information content (AvgIpc) is 2.84. The monoisotopic (exact) mass is 283 g/mol. The van der Waals surface area contributed by atoms with Gasteiger partial charge in [0.1, 0.15) is 0 Å². The van der Waals surface area contributed by atoms with Gasteiger partial charge in [-0.25, -0.2) is 0 Å². The van der Waals surface area contributed by atoms with Gasteiger partial charge in [-0.3, -0.25) is 9.59 Å². The molecule has 0 radical (unpaired) electrons. The van der Waals surface area contributed by atoms with Crippen LogP contribution in [-0.4, -0.2) is 24.5 Å². The fraction of sp³-hybridized carbons (Fsp3) is 0.875. The lowest BCUT2D eigenvalue weighted by molar-refractivity contribution is -0.145. The molecule has 1 aliphatic rings. The zero-order valence-corrected chi connectivity index (χ0v) is 13.5. The molecule has 1 saturated carbocycles. The number of hydrogen-bond donors (Lipinski definition) is 1. The first-order valence-corrected chi connectivity index (χ1v) is 7.71. The van der Waals surface area contributed by atoms with Gasteiger partial charge in [0, 0.05) is 5.54 Å². The predicted molar refractivity (Wildman–Crippen MR) is 79.1 cm³/mol. The SMILES string of the molecule is COC(=O)C[C@@H](C(=O)NC1(C(C)C)CCCC1)C(C)C. The van der Waals surface area contributed by atoms with E-state index in [9.17, 15) is 9.59 Å². The first kappa shape index (κ1) is 17.0. The molecule has 4 heteroatoms. The van der Waals surface area contributed by atoms with E-state index in [1.165, 1.54) is 20.0 Å². The zero-order chi connectivity index (χ0) is 15.3. The molecule has 20 heavy (non-hydrogen) atoms. The summed E-state index contributed by atoms with van der Waals surface area (Å²) in [5.74, 6) is -0.0804. The van der Waals surface area contributed by atoms with Gasteiger partial charge in [0.25, 0.3) is 0 Å². The van der Waals surface area contributed by atoms with Gasteiger partial charge in [-0.2, -0.15) is 0 Å². The number of esters is 1. The first-order valence-electron chi connectivity index (χ1n) is 7.71. The number of amides is 1. The molecule has 0 bridgehead atoms. The Bertz CT molecular complexity index is 344. The Balaban J connectivity index is 2.77. The van der Waals surface area contributed by atoms with Crippen LogP contribution in [0.1, 0.15) is 59.8 Å². The first-order chi connectivity index (χ1) is 9.32. The highest BCUT2D eigenvalue weighted by atomic mass is 16.5. The summed E-state index contributed by atoms with van der Waals surface area (Å²) in [6.07, 6.45) is 4.58. The molecule has 116 valence electrons. The second kappa shape index (κ2) is 7.09. The Kier molecular flexibility index (Phi) is 6.03. The van der Waals surface area contributed by atoms with Crippen LogP contribution in [0.5, 0.6) is 0 Å². The van der Waals surface area contributed by atoms with E-state index >= 15 is 0 Å². The van der Waals surface area contributed by atoms with Crippen molar-refractivity contribution in [1.29, 1.82) is 0 Å². The van der Waals surface area contributed by atoms with Crippen molar-refractivity contribution in [3.63, 3.8) is 0 Å². The van der Waals surface area contributed by atoms with Gasteiger partial charge in [-0.15, -0.1) is 0 Å². The third-order valence-electron chi connectivity index (χ3n) is 4.73. The lowest BCUT2D eigenvalue weighted by Gasteiger charge is -2.36. The van der Waals surface area contributed by atoms with Crippen LogP contribution in [0.3, 0.4) is 0 Å². The van der Waals surface area contributed by atoms with E-state index < -0.39 is 0 Å². The second-order valence-electron chi connectivity index (χ2n) is 6.64. The van der Waals surface area contributed by atoms with Crippen LogP contribution < -0.4 is 5.32 Å². The molecular formula is C16H29NO3. The molecule has 1 rings (SSSR count). The van der Waals surface area contributed by atoms with Crippen LogP contribution in [0.2, 0.25) is 0 Å². The van der Waals surface area contributed by atoms with Crippen LogP contribution >= 0.6 is 0 Å². The minimum atomic E-state index is -0.316. The molecule has 0 saturated heterocycles. The molecule has 0 aromatic heterocycles. The molecule has 1 aliphatic carbocycles. The normalized spacial score (nSPS) is 19.1. The smallest absolute Gasteiger partial charge is 0.306 e. The van der Waals surface area contributed by atoms with E-state index in [0.29, 0.717) is 5.92 Å². The third kappa shape index (κ3) is 3.97. The molecule has 0 aliphatic heterocycles.